The summed E-state index contributed by atoms with van der Waals surface area (Å²) in [4.78, 5) is 8.32. The van der Waals surface area contributed by atoms with E-state index >= 15 is 0 Å². The van der Waals surface area contributed by atoms with Crippen molar-refractivity contribution in [2.24, 2.45) is 0 Å². The van der Waals surface area contributed by atoms with Crippen LogP contribution in [0.1, 0.15) is 58.4 Å². The van der Waals surface area contributed by atoms with Crippen LogP contribution in [0.3, 0.4) is 0 Å². The largest absolute Gasteiger partial charge is 0.383 e. The van der Waals surface area contributed by atoms with E-state index in [9.17, 15) is 0 Å². The van der Waals surface area contributed by atoms with Crippen LogP contribution in [0, 0.1) is 0 Å². The highest BCUT2D eigenvalue weighted by Crippen LogP contribution is 2.19. The molecule has 1 unspecified atom stereocenters. The minimum absolute atomic E-state index is 0.432. The number of aromatic nitrogens is 2. The molecule has 0 spiro atoms. The SMILES string of the molecule is CCCCCCC(C)Nc1ncnc(N)c1CC. The van der Waals surface area contributed by atoms with Crippen LogP contribution in [0.15, 0.2) is 6.33 Å². The molecule has 0 aliphatic rings. The van der Waals surface area contributed by atoms with Crippen molar-refractivity contribution in [3.63, 3.8) is 0 Å². The summed E-state index contributed by atoms with van der Waals surface area (Å²) in [7, 11) is 0. The third kappa shape index (κ3) is 4.51. The number of nitrogens with one attached hydrogen (secondary N) is 1. The van der Waals surface area contributed by atoms with Crippen LogP contribution in [-0.4, -0.2) is 16.0 Å². The van der Waals surface area contributed by atoms with Gasteiger partial charge in [-0.2, -0.15) is 0 Å². The Morgan fingerprint density at radius 3 is 2.67 bits per heavy atom. The van der Waals surface area contributed by atoms with E-state index in [0.717, 1.165) is 17.8 Å². The average molecular weight is 250 g/mol. The van der Waals surface area contributed by atoms with Gasteiger partial charge in [0.15, 0.2) is 0 Å². The summed E-state index contributed by atoms with van der Waals surface area (Å²) in [6.07, 6.45) is 8.75. The molecule has 0 fully saturated rings. The maximum atomic E-state index is 5.86. The smallest absolute Gasteiger partial charge is 0.134 e. The molecule has 0 aromatic carbocycles. The zero-order valence-electron chi connectivity index (χ0n) is 11.9. The van der Waals surface area contributed by atoms with Gasteiger partial charge in [0, 0.05) is 11.6 Å². The van der Waals surface area contributed by atoms with Crippen LogP contribution in [0.2, 0.25) is 0 Å². The molecule has 0 saturated heterocycles. The van der Waals surface area contributed by atoms with E-state index in [1.165, 1.54) is 38.4 Å². The number of unbranched alkanes of at least 4 members (excludes halogenated alkanes) is 3. The zero-order valence-corrected chi connectivity index (χ0v) is 11.9. The van der Waals surface area contributed by atoms with Gasteiger partial charge in [-0.15, -0.1) is 0 Å². The van der Waals surface area contributed by atoms with E-state index in [1.54, 1.807) is 0 Å². The van der Waals surface area contributed by atoms with Gasteiger partial charge >= 0.3 is 0 Å². The molecule has 1 heterocycles. The summed E-state index contributed by atoms with van der Waals surface area (Å²) in [5.41, 5.74) is 6.88. The molecule has 0 aliphatic heterocycles. The summed E-state index contributed by atoms with van der Waals surface area (Å²) < 4.78 is 0. The molecule has 1 aromatic rings. The van der Waals surface area contributed by atoms with Crippen LogP contribution in [0.25, 0.3) is 0 Å². The fourth-order valence-electron chi connectivity index (χ4n) is 2.08. The number of nitrogens with two attached hydrogens (primary N) is 1. The van der Waals surface area contributed by atoms with Crippen molar-refractivity contribution in [1.82, 2.24) is 9.97 Å². The van der Waals surface area contributed by atoms with E-state index in [1.807, 2.05) is 0 Å². The minimum Gasteiger partial charge on any atom is -0.383 e. The van der Waals surface area contributed by atoms with E-state index < -0.39 is 0 Å². The summed E-state index contributed by atoms with van der Waals surface area (Å²) in [6.45, 7) is 6.51. The first-order valence-corrected chi connectivity index (χ1v) is 7.04. The molecule has 0 radical (unpaired) electrons. The van der Waals surface area contributed by atoms with Crippen molar-refractivity contribution in [2.45, 2.75) is 65.3 Å². The Labute approximate surface area is 110 Å². The molecule has 4 nitrogen and oxygen atoms in total. The molecule has 1 rings (SSSR count). The van der Waals surface area contributed by atoms with Gasteiger partial charge in [0.25, 0.3) is 0 Å². The van der Waals surface area contributed by atoms with Gasteiger partial charge < -0.3 is 11.1 Å². The fraction of sp³-hybridized carbons (Fsp3) is 0.714. The van der Waals surface area contributed by atoms with E-state index in [-0.39, 0.29) is 0 Å². The highest BCUT2D eigenvalue weighted by atomic mass is 15.0. The lowest BCUT2D eigenvalue weighted by Gasteiger charge is -2.17. The van der Waals surface area contributed by atoms with Crippen molar-refractivity contribution in [3.8, 4) is 0 Å². The summed E-state index contributed by atoms with van der Waals surface area (Å²) in [5, 5.41) is 3.45. The molecule has 0 bridgehead atoms. The van der Waals surface area contributed by atoms with Crippen molar-refractivity contribution in [3.05, 3.63) is 11.9 Å². The van der Waals surface area contributed by atoms with Crippen LogP contribution in [-0.2, 0) is 6.42 Å². The average Bonchev–Trinajstić information content (AvgIpc) is 2.35. The number of rotatable bonds is 8. The summed E-state index contributed by atoms with van der Waals surface area (Å²) >= 11 is 0. The monoisotopic (exact) mass is 250 g/mol. The summed E-state index contributed by atoms with van der Waals surface area (Å²) in [5.74, 6) is 1.49. The zero-order chi connectivity index (χ0) is 13.4. The normalized spacial score (nSPS) is 12.4. The molecule has 0 amide bonds. The lowest BCUT2D eigenvalue weighted by Crippen LogP contribution is -2.18. The van der Waals surface area contributed by atoms with Gasteiger partial charge in [-0.1, -0.05) is 39.5 Å². The third-order valence-corrected chi connectivity index (χ3v) is 3.21. The Morgan fingerprint density at radius 2 is 2.00 bits per heavy atom. The Bertz CT molecular complexity index is 352. The van der Waals surface area contributed by atoms with E-state index in [2.05, 4.69) is 36.1 Å². The molecular weight excluding hydrogens is 224 g/mol. The number of hydrogen-bond acceptors (Lipinski definition) is 4. The minimum atomic E-state index is 0.432. The molecular formula is C14H26N4. The quantitative estimate of drug-likeness (QED) is 0.694. The second-order valence-corrected chi connectivity index (χ2v) is 4.83. The Morgan fingerprint density at radius 1 is 1.22 bits per heavy atom. The van der Waals surface area contributed by atoms with Crippen LogP contribution >= 0.6 is 0 Å². The molecule has 0 aliphatic carbocycles. The highest BCUT2D eigenvalue weighted by Gasteiger charge is 2.09. The Hall–Kier alpha value is -1.32. The van der Waals surface area contributed by atoms with Crippen molar-refractivity contribution < 1.29 is 0 Å². The maximum Gasteiger partial charge on any atom is 0.134 e. The predicted octanol–water partition coefficient (Wildman–Crippen LogP) is 3.39. The number of hydrogen-bond donors (Lipinski definition) is 2. The second-order valence-electron chi connectivity index (χ2n) is 4.83. The lowest BCUT2D eigenvalue weighted by molar-refractivity contribution is 0.592. The van der Waals surface area contributed by atoms with Crippen molar-refractivity contribution in [2.75, 3.05) is 11.1 Å². The van der Waals surface area contributed by atoms with Gasteiger partial charge in [-0.3, -0.25) is 0 Å². The van der Waals surface area contributed by atoms with E-state index in [4.69, 9.17) is 5.73 Å². The number of nitrogens with zero attached hydrogens (tertiary/aromatic N) is 2. The molecule has 4 heteroatoms. The van der Waals surface area contributed by atoms with E-state index in [0.29, 0.717) is 11.9 Å². The molecule has 1 atom stereocenters. The first kappa shape index (κ1) is 14.7. The van der Waals surface area contributed by atoms with Gasteiger partial charge in [-0.05, 0) is 19.8 Å². The lowest BCUT2D eigenvalue weighted by atomic mass is 10.1. The second kappa shape index (κ2) is 7.90. The first-order valence-electron chi connectivity index (χ1n) is 7.04. The van der Waals surface area contributed by atoms with Gasteiger partial charge in [-0.25, -0.2) is 9.97 Å². The van der Waals surface area contributed by atoms with Crippen LogP contribution in [0.5, 0.6) is 0 Å². The molecule has 18 heavy (non-hydrogen) atoms. The van der Waals surface area contributed by atoms with Crippen molar-refractivity contribution >= 4 is 11.6 Å². The Kier molecular flexibility index (Phi) is 6.47. The summed E-state index contributed by atoms with van der Waals surface area (Å²) in [6, 6.07) is 0.432. The van der Waals surface area contributed by atoms with Gasteiger partial charge in [0.05, 0.1) is 0 Å². The van der Waals surface area contributed by atoms with Crippen LogP contribution < -0.4 is 11.1 Å². The fourth-order valence-corrected chi connectivity index (χ4v) is 2.08. The third-order valence-electron chi connectivity index (χ3n) is 3.21. The standard InChI is InChI=1S/C14H26N4/c1-4-6-7-8-9-11(3)18-14-12(5-2)13(15)16-10-17-14/h10-11H,4-9H2,1-3H3,(H3,15,16,17,18). The Balaban J connectivity index is 2.48. The topological polar surface area (TPSA) is 63.8 Å². The number of nitrogen functional groups attached to an aromatic ring is 1. The number of anilines is 2. The predicted molar refractivity (Wildman–Crippen MR) is 77.7 cm³/mol. The van der Waals surface area contributed by atoms with Gasteiger partial charge in [0.1, 0.15) is 18.0 Å². The van der Waals surface area contributed by atoms with Crippen LogP contribution in [0.4, 0.5) is 11.6 Å². The molecule has 102 valence electrons. The maximum absolute atomic E-state index is 5.86. The highest BCUT2D eigenvalue weighted by molar-refractivity contribution is 5.55. The first-order chi connectivity index (χ1) is 8.69. The molecule has 1 aromatic heterocycles. The van der Waals surface area contributed by atoms with Crippen molar-refractivity contribution in [1.29, 1.82) is 0 Å². The molecule has 0 saturated carbocycles. The molecule has 3 N–H and O–H groups in total. The van der Waals surface area contributed by atoms with Gasteiger partial charge in [0.2, 0.25) is 0 Å².